The zero-order valence-corrected chi connectivity index (χ0v) is 28.4. The van der Waals surface area contributed by atoms with Gasteiger partial charge in [0.25, 0.3) is 0 Å². The summed E-state index contributed by atoms with van der Waals surface area (Å²) < 4.78 is 32.8. The van der Waals surface area contributed by atoms with Crippen LogP contribution in [0.25, 0.3) is 12.2 Å². The molecule has 0 saturated carbocycles. The lowest BCUT2D eigenvalue weighted by atomic mass is 10.0. The number of aliphatic hydroxyl groups excluding tert-OH is 1. The maximum atomic E-state index is 12.6. The van der Waals surface area contributed by atoms with E-state index in [1.165, 1.54) is 76.0 Å². The number of carbonyl (C=O) groups excluding carboxylic acids is 2. The zero-order chi connectivity index (χ0) is 36.8. The molecule has 0 aliphatic carbocycles. The Labute approximate surface area is 295 Å². The van der Waals surface area contributed by atoms with Crippen molar-refractivity contribution in [2.75, 3.05) is 34.5 Å². The van der Waals surface area contributed by atoms with Crippen molar-refractivity contribution in [2.45, 2.75) is 25.0 Å². The molecule has 268 valence electrons. The van der Waals surface area contributed by atoms with Crippen LogP contribution in [0.4, 0.5) is 0 Å². The zero-order valence-electron chi connectivity index (χ0n) is 28.4. The Bertz CT molecular complexity index is 1830. The quantitative estimate of drug-likeness (QED) is 0.0598. The highest BCUT2D eigenvalue weighted by Crippen LogP contribution is 2.34. The predicted octanol–water partition coefficient (Wildman–Crippen LogP) is 5.76. The van der Waals surface area contributed by atoms with Gasteiger partial charge in [-0.15, -0.1) is 0 Å². The van der Waals surface area contributed by atoms with E-state index in [9.17, 15) is 30.0 Å². The fourth-order valence-electron chi connectivity index (χ4n) is 4.83. The topological polar surface area (TPSA) is 170 Å². The van der Waals surface area contributed by atoms with Crippen LogP contribution in [0.5, 0.6) is 40.2 Å². The SMILES string of the molecule is COc1cc(C=CC(=O)OCCCc2ccc(O[C@@H](COC(=O)C=Cc3ccc(O)cc3)[C@H](O)c3ccc(O)c(OC)c3)c(OC)c2)ccc1O. The summed E-state index contributed by atoms with van der Waals surface area (Å²) in [5.74, 6) is -0.166. The number of benzene rings is 4. The molecule has 0 bridgehead atoms. The van der Waals surface area contributed by atoms with E-state index in [2.05, 4.69) is 0 Å². The minimum Gasteiger partial charge on any atom is -0.508 e. The molecule has 0 spiro atoms. The van der Waals surface area contributed by atoms with Crippen LogP contribution in [0.15, 0.2) is 91.0 Å². The van der Waals surface area contributed by atoms with Gasteiger partial charge in [0.1, 0.15) is 18.5 Å². The summed E-state index contributed by atoms with van der Waals surface area (Å²) in [5, 5.41) is 40.6. The Hall–Kier alpha value is -6.14. The van der Waals surface area contributed by atoms with E-state index in [1.54, 1.807) is 48.5 Å². The second-order valence-corrected chi connectivity index (χ2v) is 11.1. The van der Waals surface area contributed by atoms with E-state index in [4.69, 9.17) is 28.4 Å². The van der Waals surface area contributed by atoms with Crippen molar-refractivity contribution in [3.8, 4) is 40.2 Å². The van der Waals surface area contributed by atoms with Crippen LogP contribution in [0.2, 0.25) is 0 Å². The molecule has 0 aromatic heterocycles. The van der Waals surface area contributed by atoms with Gasteiger partial charge in [-0.1, -0.05) is 30.3 Å². The molecule has 4 aromatic rings. The first-order chi connectivity index (χ1) is 24.6. The summed E-state index contributed by atoms with van der Waals surface area (Å²) in [6.45, 7) is -0.187. The Morgan fingerprint density at radius 3 is 1.96 bits per heavy atom. The van der Waals surface area contributed by atoms with E-state index in [1.807, 2.05) is 0 Å². The molecule has 0 saturated heterocycles. The third-order valence-corrected chi connectivity index (χ3v) is 7.57. The molecule has 0 radical (unpaired) electrons. The van der Waals surface area contributed by atoms with Gasteiger partial charge in [-0.2, -0.15) is 0 Å². The summed E-state index contributed by atoms with van der Waals surface area (Å²) >= 11 is 0. The van der Waals surface area contributed by atoms with Crippen LogP contribution in [-0.2, 0) is 25.5 Å². The molecule has 0 fully saturated rings. The maximum Gasteiger partial charge on any atom is 0.330 e. The molecule has 0 unspecified atom stereocenters. The van der Waals surface area contributed by atoms with Gasteiger partial charge in [-0.3, -0.25) is 0 Å². The lowest BCUT2D eigenvalue weighted by Crippen LogP contribution is -2.31. The van der Waals surface area contributed by atoms with Crippen LogP contribution in [-0.4, -0.2) is 73.0 Å². The van der Waals surface area contributed by atoms with Crippen molar-refractivity contribution >= 4 is 24.1 Å². The molecule has 4 aromatic carbocycles. The average Bonchev–Trinajstić information content (AvgIpc) is 3.14. The predicted molar refractivity (Wildman–Crippen MR) is 188 cm³/mol. The molecule has 0 amide bonds. The average molecular weight is 701 g/mol. The number of aliphatic hydroxyl groups is 1. The normalized spacial score (nSPS) is 12.3. The van der Waals surface area contributed by atoms with Crippen molar-refractivity contribution in [1.82, 2.24) is 0 Å². The van der Waals surface area contributed by atoms with Crippen LogP contribution >= 0.6 is 0 Å². The van der Waals surface area contributed by atoms with Crippen LogP contribution < -0.4 is 18.9 Å². The van der Waals surface area contributed by atoms with Crippen molar-refractivity contribution in [3.05, 3.63) is 113 Å². The number of ether oxygens (including phenoxy) is 6. The number of hydrogen-bond acceptors (Lipinski definition) is 12. The number of methoxy groups -OCH3 is 3. The third kappa shape index (κ3) is 11.2. The fraction of sp³-hybridized carbons (Fsp3) is 0.231. The Morgan fingerprint density at radius 2 is 1.27 bits per heavy atom. The van der Waals surface area contributed by atoms with Crippen molar-refractivity contribution in [3.63, 3.8) is 0 Å². The molecule has 0 aliphatic rings. The highest BCUT2D eigenvalue weighted by Gasteiger charge is 2.27. The number of esters is 2. The van der Waals surface area contributed by atoms with Crippen LogP contribution in [0.1, 0.15) is 34.8 Å². The standard InChI is InChI=1S/C39H40O12/c1-46-33-21-27(8-15-30(33)41)11-19-37(43)49-20-4-5-26-9-17-32(35(22-26)48-3)51-36(39(45)28-12-16-31(42)34(23-28)47-2)24-50-38(44)18-10-25-6-13-29(40)14-7-25/h6-19,21-23,36,39-42,45H,4-5,20,24H2,1-3H3/t36-,39+/m0/s1. The number of aryl methyl sites for hydroxylation is 1. The first-order valence-electron chi connectivity index (χ1n) is 15.8. The van der Waals surface area contributed by atoms with Gasteiger partial charge >= 0.3 is 11.9 Å². The summed E-state index contributed by atoms with van der Waals surface area (Å²) in [4.78, 5) is 24.8. The first kappa shape index (κ1) is 37.7. The lowest BCUT2D eigenvalue weighted by Gasteiger charge is -2.25. The number of hydrogen-bond donors (Lipinski definition) is 4. The molecule has 51 heavy (non-hydrogen) atoms. The van der Waals surface area contributed by atoms with E-state index < -0.39 is 24.1 Å². The van der Waals surface area contributed by atoms with E-state index in [0.29, 0.717) is 41.0 Å². The number of phenols is 3. The first-order valence-corrected chi connectivity index (χ1v) is 15.8. The van der Waals surface area contributed by atoms with Crippen molar-refractivity contribution in [2.24, 2.45) is 0 Å². The van der Waals surface area contributed by atoms with Gasteiger partial charge in [-0.25, -0.2) is 9.59 Å². The molecule has 4 N–H and O–H groups in total. The highest BCUT2D eigenvalue weighted by molar-refractivity contribution is 5.87. The van der Waals surface area contributed by atoms with E-state index in [-0.39, 0.29) is 42.0 Å². The number of carbonyl (C=O) groups is 2. The Morgan fingerprint density at radius 1 is 0.667 bits per heavy atom. The summed E-state index contributed by atoms with van der Waals surface area (Å²) in [7, 11) is 4.29. The van der Waals surface area contributed by atoms with Gasteiger partial charge in [0.05, 0.1) is 27.9 Å². The smallest absolute Gasteiger partial charge is 0.330 e. The Kier molecular flexibility index (Phi) is 13.7. The van der Waals surface area contributed by atoms with E-state index >= 15 is 0 Å². The third-order valence-electron chi connectivity index (χ3n) is 7.57. The summed E-state index contributed by atoms with van der Waals surface area (Å²) in [6, 6.07) is 20.5. The molecule has 4 rings (SSSR count). The molecule has 2 atom stereocenters. The van der Waals surface area contributed by atoms with Gasteiger partial charge in [0.15, 0.2) is 40.6 Å². The Balaban J connectivity index is 1.39. The minimum atomic E-state index is -1.32. The number of aromatic hydroxyl groups is 3. The minimum absolute atomic E-state index is 0.00146. The monoisotopic (exact) mass is 700 g/mol. The van der Waals surface area contributed by atoms with Gasteiger partial charge in [-0.05, 0) is 95.8 Å². The highest BCUT2D eigenvalue weighted by atomic mass is 16.6. The fourth-order valence-corrected chi connectivity index (χ4v) is 4.83. The molecular weight excluding hydrogens is 660 g/mol. The largest absolute Gasteiger partial charge is 0.508 e. The van der Waals surface area contributed by atoms with Crippen LogP contribution in [0, 0.1) is 0 Å². The van der Waals surface area contributed by atoms with E-state index in [0.717, 1.165) is 5.56 Å². The maximum absolute atomic E-state index is 12.6. The summed E-state index contributed by atoms with van der Waals surface area (Å²) in [5.41, 5.74) is 2.54. The molecule has 0 aliphatic heterocycles. The molecule has 12 nitrogen and oxygen atoms in total. The second-order valence-electron chi connectivity index (χ2n) is 11.1. The van der Waals surface area contributed by atoms with Crippen molar-refractivity contribution < 1.29 is 58.4 Å². The lowest BCUT2D eigenvalue weighted by molar-refractivity contribution is -0.142. The molecule has 0 heterocycles. The van der Waals surface area contributed by atoms with Crippen molar-refractivity contribution in [1.29, 1.82) is 0 Å². The molecule has 12 heteroatoms. The second kappa shape index (κ2) is 18.6. The van der Waals surface area contributed by atoms with Gasteiger partial charge in [0, 0.05) is 12.2 Å². The van der Waals surface area contributed by atoms with Crippen LogP contribution in [0.3, 0.4) is 0 Å². The molecular formula is C39H40O12. The number of phenolic OH excluding ortho intramolecular Hbond substituents is 3. The van der Waals surface area contributed by atoms with Gasteiger partial charge in [0.2, 0.25) is 0 Å². The van der Waals surface area contributed by atoms with Gasteiger partial charge < -0.3 is 48.8 Å². The number of rotatable bonds is 17. The summed E-state index contributed by atoms with van der Waals surface area (Å²) in [6.07, 6.45) is 4.23.